The molecule has 9 heteroatoms. The highest BCUT2D eigenvalue weighted by Gasteiger charge is 2.46. The maximum Gasteiger partial charge on any atom is 0.295 e. The number of amides is 1. The van der Waals surface area contributed by atoms with Crippen molar-refractivity contribution in [3.63, 3.8) is 0 Å². The lowest BCUT2D eigenvalue weighted by Gasteiger charge is -2.27. The Bertz CT molecular complexity index is 1190. The molecular weight excluding hydrogens is 504 g/mol. The number of fused-ring (bicyclic) bond motifs is 1. The molecule has 0 aromatic heterocycles. The van der Waals surface area contributed by atoms with Crippen molar-refractivity contribution in [3.05, 3.63) is 57.1 Å². The summed E-state index contributed by atoms with van der Waals surface area (Å²) in [6.45, 7) is 2.76. The van der Waals surface area contributed by atoms with Crippen LogP contribution in [0.15, 0.2) is 40.4 Å². The zero-order valence-corrected chi connectivity index (χ0v) is 21.0. The maximum atomic E-state index is 13.2. The molecule has 2 heterocycles. The van der Waals surface area contributed by atoms with Gasteiger partial charge in [0.2, 0.25) is 0 Å². The second-order valence-electron chi connectivity index (χ2n) is 8.80. The summed E-state index contributed by atoms with van der Waals surface area (Å²) in [7, 11) is 5.17. The first-order valence-corrected chi connectivity index (χ1v) is 11.7. The number of likely N-dealkylation sites (tertiary alicyclic amines) is 1. The van der Waals surface area contributed by atoms with Gasteiger partial charge in [0.15, 0.2) is 11.5 Å². The van der Waals surface area contributed by atoms with Gasteiger partial charge in [-0.25, -0.2) is 0 Å². The molecule has 1 saturated heterocycles. The minimum Gasteiger partial charge on any atom is -0.507 e. The van der Waals surface area contributed by atoms with Crippen LogP contribution in [0.2, 0.25) is 0 Å². The molecule has 2 atom stereocenters. The summed E-state index contributed by atoms with van der Waals surface area (Å²) in [5.74, 6) is -0.847. The fourth-order valence-electron chi connectivity index (χ4n) is 4.40. The number of rotatable bonds is 6. The van der Waals surface area contributed by atoms with Gasteiger partial charge in [-0.1, -0.05) is 0 Å². The molecular formula is C25H27BrN2O6. The molecule has 2 aliphatic heterocycles. The number of carbonyl (C=O) groups is 2. The molecule has 34 heavy (non-hydrogen) atoms. The Labute approximate surface area is 206 Å². The van der Waals surface area contributed by atoms with Crippen molar-refractivity contribution in [1.82, 2.24) is 9.80 Å². The third-order valence-electron chi connectivity index (χ3n) is 6.08. The van der Waals surface area contributed by atoms with Crippen LogP contribution in [0.3, 0.4) is 0 Å². The van der Waals surface area contributed by atoms with E-state index in [1.165, 1.54) is 12.0 Å². The Morgan fingerprint density at radius 1 is 1.26 bits per heavy atom. The van der Waals surface area contributed by atoms with Crippen LogP contribution in [0.4, 0.5) is 0 Å². The van der Waals surface area contributed by atoms with E-state index >= 15 is 0 Å². The van der Waals surface area contributed by atoms with Crippen molar-refractivity contribution < 1.29 is 29.3 Å². The summed E-state index contributed by atoms with van der Waals surface area (Å²) in [4.78, 5) is 29.7. The van der Waals surface area contributed by atoms with E-state index in [0.29, 0.717) is 28.6 Å². The van der Waals surface area contributed by atoms with Gasteiger partial charge in [0, 0.05) is 25.1 Å². The molecule has 0 saturated carbocycles. The normalized spacial score (nSPS) is 21.2. The topological polar surface area (TPSA) is 99.5 Å². The number of phenolic OH excluding ortho intramolecular Hbond substituents is 1. The molecule has 0 radical (unpaired) electrons. The molecule has 2 N–H and O–H groups in total. The highest BCUT2D eigenvalue weighted by Crippen LogP contribution is 2.44. The molecule has 0 spiro atoms. The van der Waals surface area contributed by atoms with E-state index < -0.39 is 17.7 Å². The molecule has 2 aromatic carbocycles. The fourth-order valence-corrected chi connectivity index (χ4v) is 4.86. The van der Waals surface area contributed by atoms with Crippen LogP contribution in [-0.4, -0.2) is 72.1 Å². The van der Waals surface area contributed by atoms with Crippen molar-refractivity contribution in [2.24, 2.45) is 0 Å². The molecule has 2 aliphatic rings. The number of Topliss-reactive ketones (excluding diaryl/α,β-unsaturated/α-hetero) is 1. The second-order valence-corrected chi connectivity index (χ2v) is 9.66. The molecule has 2 aromatic rings. The quantitative estimate of drug-likeness (QED) is 0.335. The Kier molecular flexibility index (Phi) is 6.60. The number of hydrogen-bond acceptors (Lipinski definition) is 7. The average molecular weight is 531 g/mol. The van der Waals surface area contributed by atoms with E-state index in [0.717, 1.165) is 11.3 Å². The SMILES string of the molecule is COc1cc([C@@H]2/C(=C(\O)c3ccc4c(c3)C[C@@H](C)O4)C(=O)C(=O)N2CCN(C)C)cc(Br)c1O. The third kappa shape index (κ3) is 4.25. The predicted octanol–water partition coefficient (Wildman–Crippen LogP) is 3.47. The van der Waals surface area contributed by atoms with Crippen molar-refractivity contribution in [2.45, 2.75) is 25.5 Å². The second kappa shape index (κ2) is 9.31. The molecule has 180 valence electrons. The van der Waals surface area contributed by atoms with Crippen LogP contribution < -0.4 is 9.47 Å². The maximum absolute atomic E-state index is 13.2. The van der Waals surface area contributed by atoms with Crippen molar-refractivity contribution in [1.29, 1.82) is 0 Å². The zero-order valence-electron chi connectivity index (χ0n) is 19.5. The number of aliphatic hydroxyl groups is 1. The molecule has 4 rings (SSSR count). The summed E-state index contributed by atoms with van der Waals surface area (Å²) in [6.07, 6.45) is 0.727. The van der Waals surface area contributed by atoms with E-state index in [9.17, 15) is 19.8 Å². The number of likely N-dealkylation sites (N-methyl/N-ethyl adjacent to an activating group) is 1. The minimum atomic E-state index is -0.853. The van der Waals surface area contributed by atoms with Gasteiger partial charge in [-0.2, -0.15) is 0 Å². The number of nitrogens with zero attached hydrogens (tertiary/aromatic N) is 2. The first-order valence-electron chi connectivity index (χ1n) is 10.9. The summed E-state index contributed by atoms with van der Waals surface area (Å²) in [6, 6.07) is 7.60. The Hall–Kier alpha value is -3.04. The number of ether oxygens (including phenoxy) is 2. The molecule has 0 unspecified atom stereocenters. The number of benzene rings is 2. The van der Waals surface area contributed by atoms with Crippen LogP contribution in [0.5, 0.6) is 17.2 Å². The predicted molar refractivity (Wildman–Crippen MR) is 130 cm³/mol. The first kappa shape index (κ1) is 24.1. The number of aliphatic hydroxyl groups excluding tert-OH is 1. The lowest BCUT2D eigenvalue weighted by atomic mass is 9.94. The molecule has 0 aliphatic carbocycles. The number of hydrogen-bond donors (Lipinski definition) is 2. The lowest BCUT2D eigenvalue weighted by molar-refractivity contribution is -0.140. The summed E-state index contributed by atoms with van der Waals surface area (Å²) in [5.41, 5.74) is 1.90. The van der Waals surface area contributed by atoms with Crippen molar-refractivity contribution in [3.8, 4) is 17.2 Å². The number of ketones is 1. The number of methoxy groups -OCH3 is 1. The standard InChI is InChI=1S/C25H27BrN2O6/c1-13-9-15-10-14(5-6-18(15)34-13)22(29)20-21(16-11-17(26)23(30)19(12-16)33-4)28(8-7-27(2)3)25(32)24(20)31/h5-6,10-13,21,29-30H,7-9H2,1-4H3/b22-20+/t13-,21-/m1/s1. The van der Waals surface area contributed by atoms with Crippen LogP contribution in [-0.2, 0) is 16.0 Å². The monoisotopic (exact) mass is 530 g/mol. The van der Waals surface area contributed by atoms with Crippen molar-refractivity contribution in [2.75, 3.05) is 34.3 Å². The number of carbonyl (C=O) groups excluding carboxylic acids is 2. The highest BCUT2D eigenvalue weighted by atomic mass is 79.9. The van der Waals surface area contributed by atoms with Gasteiger partial charge in [0.25, 0.3) is 11.7 Å². The van der Waals surface area contributed by atoms with Crippen LogP contribution in [0.1, 0.15) is 29.7 Å². The largest absolute Gasteiger partial charge is 0.507 e. The number of aromatic hydroxyl groups is 1. The first-order chi connectivity index (χ1) is 16.1. The van der Waals surface area contributed by atoms with Gasteiger partial charge in [0.05, 0.1) is 23.2 Å². The van der Waals surface area contributed by atoms with E-state index in [4.69, 9.17) is 9.47 Å². The molecule has 1 amide bonds. The van der Waals surface area contributed by atoms with Crippen LogP contribution in [0.25, 0.3) is 5.76 Å². The Morgan fingerprint density at radius 2 is 2.00 bits per heavy atom. The zero-order chi connectivity index (χ0) is 24.7. The lowest BCUT2D eigenvalue weighted by Crippen LogP contribution is -2.35. The van der Waals surface area contributed by atoms with Gasteiger partial charge in [-0.05, 0) is 78.4 Å². The van der Waals surface area contributed by atoms with E-state index in [1.807, 2.05) is 25.9 Å². The summed E-state index contributed by atoms with van der Waals surface area (Å²) >= 11 is 3.32. The Balaban J connectivity index is 1.87. The summed E-state index contributed by atoms with van der Waals surface area (Å²) < 4.78 is 11.4. The van der Waals surface area contributed by atoms with E-state index in [2.05, 4.69) is 15.9 Å². The molecule has 0 bridgehead atoms. The van der Waals surface area contributed by atoms with Crippen LogP contribution in [0, 0.1) is 0 Å². The van der Waals surface area contributed by atoms with Crippen LogP contribution >= 0.6 is 15.9 Å². The van der Waals surface area contributed by atoms with Gasteiger partial charge < -0.3 is 29.5 Å². The van der Waals surface area contributed by atoms with Gasteiger partial charge in [-0.15, -0.1) is 0 Å². The van der Waals surface area contributed by atoms with Gasteiger partial charge in [-0.3, -0.25) is 9.59 Å². The fraction of sp³-hybridized carbons (Fsp3) is 0.360. The average Bonchev–Trinajstić information content (AvgIpc) is 3.29. The Morgan fingerprint density at radius 3 is 2.68 bits per heavy atom. The van der Waals surface area contributed by atoms with Gasteiger partial charge in [0.1, 0.15) is 17.6 Å². The molecule has 8 nitrogen and oxygen atoms in total. The van der Waals surface area contributed by atoms with Gasteiger partial charge >= 0.3 is 0 Å². The van der Waals surface area contributed by atoms with Crippen molar-refractivity contribution >= 4 is 33.4 Å². The van der Waals surface area contributed by atoms with E-state index in [-0.39, 0.29) is 35.5 Å². The smallest absolute Gasteiger partial charge is 0.295 e. The summed E-state index contributed by atoms with van der Waals surface area (Å²) in [5, 5.41) is 21.6. The minimum absolute atomic E-state index is 0.00434. The van der Waals surface area contributed by atoms with E-state index in [1.54, 1.807) is 30.3 Å². The third-order valence-corrected chi connectivity index (χ3v) is 6.69. The highest BCUT2D eigenvalue weighted by molar-refractivity contribution is 9.10. The molecule has 1 fully saturated rings. The number of phenols is 1. The number of halogens is 1.